The van der Waals surface area contributed by atoms with Gasteiger partial charge in [-0.2, -0.15) is 0 Å². The first-order valence-corrected chi connectivity index (χ1v) is 5.77. The smallest absolute Gasteiger partial charge is 0.159 e. The molecular formula is C13H22O3. The van der Waals surface area contributed by atoms with E-state index in [0.717, 1.165) is 5.57 Å². The molecule has 0 heterocycles. The Morgan fingerprint density at radius 3 is 2.50 bits per heavy atom. The van der Waals surface area contributed by atoms with Crippen LogP contribution in [0.25, 0.3) is 0 Å². The van der Waals surface area contributed by atoms with Crippen LogP contribution >= 0.6 is 0 Å². The highest BCUT2D eigenvalue weighted by atomic mass is 16.5. The van der Waals surface area contributed by atoms with Gasteiger partial charge in [0.15, 0.2) is 11.6 Å². The van der Waals surface area contributed by atoms with Gasteiger partial charge in [0.25, 0.3) is 0 Å². The minimum atomic E-state index is -1.61. The Labute approximate surface area is 97.2 Å². The largest absolute Gasteiger partial charge is 0.366 e. The molecule has 0 aromatic heterocycles. The molecule has 0 saturated heterocycles. The maximum atomic E-state index is 11.5. The van der Waals surface area contributed by atoms with Crippen LogP contribution in [0.1, 0.15) is 47.0 Å². The quantitative estimate of drug-likeness (QED) is 0.724. The molecule has 92 valence electrons. The molecule has 0 amide bonds. The van der Waals surface area contributed by atoms with Crippen molar-refractivity contribution in [2.75, 3.05) is 0 Å². The summed E-state index contributed by atoms with van der Waals surface area (Å²) in [5, 5.41) is 18.7. The van der Waals surface area contributed by atoms with E-state index in [-0.39, 0.29) is 17.1 Å². The number of ketones is 1. The first kappa shape index (κ1) is 13.4. The van der Waals surface area contributed by atoms with Crippen molar-refractivity contribution in [3.05, 3.63) is 11.6 Å². The number of carbonyl (C=O) groups excluding carboxylic acids is 1. The average Bonchev–Trinajstić information content (AvgIpc) is 1.96. The van der Waals surface area contributed by atoms with Gasteiger partial charge in [0.2, 0.25) is 0 Å². The highest BCUT2D eigenvalue weighted by Crippen LogP contribution is 2.42. The Balaban J connectivity index is 2.77. The summed E-state index contributed by atoms with van der Waals surface area (Å²) in [4.78, 5) is 11.5. The fraction of sp³-hybridized carbons (Fsp3) is 0.769. The molecule has 0 aromatic rings. The zero-order chi connectivity index (χ0) is 12.6. The fourth-order valence-corrected chi connectivity index (χ4v) is 2.63. The van der Waals surface area contributed by atoms with E-state index in [2.05, 4.69) is 13.8 Å². The number of hydrogen-bond donors (Lipinski definition) is 2. The monoisotopic (exact) mass is 226 g/mol. The predicted octanol–water partition coefficient (Wildman–Crippen LogP) is 2.03. The predicted molar refractivity (Wildman–Crippen MR) is 62.7 cm³/mol. The van der Waals surface area contributed by atoms with Crippen LogP contribution in [0, 0.1) is 11.3 Å². The van der Waals surface area contributed by atoms with Gasteiger partial charge >= 0.3 is 0 Å². The van der Waals surface area contributed by atoms with Gasteiger partial charge in [0.1, 0.15) is 0 Å². The number of allylic oxidation sites excluding steroid dienone is 2. The summed E-state index contributed by atoms with van der Waals surface area (Å²) in [6.45, 7) is 7.49. The normalized spacial score (nSPS) is 25.5. The standard InChI is InChI=1S/C13H22O3/c1-9-7-10(14)8-12(2,3)11(9)5-6-13(4,15)16/h7,11,15-16H,5-6,8H2,1-4H3. The molecule has 0 aliphatic heterocycles. The van der Waals surface area contributed by atoms with Crippen LogP contribution < -0.4 is 0 Å². The lowest BCUT2D eigenvalue weighted by Gasteiger charge is -2.38. The van der Waals surface area contributed by atoms with E-state index in [4.69, 9.17) is 0 Å². The molecule has 3 nitrogen and oxygen atoms in total. The van der Waals surface area contributed by atoms with Crippen molar-refractivity contribution in [2.45, 2.75) is 52.7 Å². The second kappa shape index (κ2) is 4.30. The molecule has 0 saturated carbocycles. The summed E-state index contributed by atoms with van der Waals surface area (Å²) in [6, 6.07) is 0. The van der Waals surface area contributed by atoms with E-state index in [0.29, 0.717) is 19.3 Å². The second-order valence-corrected chi connectivity index (χ2v) is 5.83. The summed E-state index contributed by atoms with van der Waals surface area (Å²) >= 11 is 0. The molecule has 3 heteroatoms. The Kier molecular flexibility index (Phi) is 3.60. The molecule has 1 aliphatic carbocycles. The lowest BCUT2D eigenvalue weighted by atomic mass is 9.66. The van der Waals surface area contributed by atoms with Gasteiger partial charge in [0, 0.05) is 12.8 Å². The van der Waals surface area contributed by atoms with Crippen molar-refractivity contribution in [2.24, 2.45) is 11.3 Å². The van der Waals surface area contributed by atoms with Crippen molar-refractivity contribution in [1.82, 2.24) is 0 Å². The highest BCUT2D eigenvalue weighted by Gasteiger charge is 2.36. The average molecular weight is 226 g/mol. The van der Waals surface area contributed by atoms with Gasteiger partial charge in [-0.05, 0) is 37.7 Å². The topological polar surface area (TPSA) is 57.5 Å². The van der Waals surface area contributed by atoms with Gasteiger partial charge < -0.3 is 10.2 Å². The van der Waals surface area contributed by atoms with Gasteiger partial charge in [-0.1, -0.05) is 19.4 Å². The van der Waals surface area contributed by atoms with Crippen LogP contribution in [-0.4, -0.2) is 21.8 Å². The van der Waals surface area contributed by atoms with E-state index in [1.165, 1.54) is 6.92 Å². The molecule has 2 N–H and O–H groups in total. The summed E-state index contributed by atoms with van der Waals surface area (Å²) in [7, 11) is 0. The maximum absolute atomic E-state index is 11.5. The van der Waals surface area contributed by atoms with Crippen molar-refractivity contribution >= 4 is 5.78 Å². The Morgan fingerprint density at radius 2 is 2.06 bits per heavy atom. The molecule has 0 spiro atoms. The van der Waals surface area contributed by atoms with E-state index in [9.17, 15) is 15.0 Å². The van der Waals surface area contributed by atoms with E-state index in [1.807, 2.05) is 6.92 Å². The number of carbonyl (C=O) groups is 1. The number of aliphatic hydroxyl groups is 2. The van der Waals surface area contributed by atoms with Crippen LogP contribution in [0.15, 0.2) is 11.6 Å². The van der Waals surface area contributed by atoms with Crippen molar-refractivity contribution < 1.29 is 15.0 Å². The van der Waals surface area contributed by atoms with Crippen molar-refractivity contribution in [3.8, 4) is 0 Å². The Bertz CT molecular complexity index is 308. The Hall–Kier alpha value is -0.670. The third-order valence-electron chi connectivity index (χ3n) is 3.42. The molecule has 1 rings (SSSR count). The molecule has 0 bridgehead atoms. The summed E-state index contributed by atoms with van der Waals surface area (Å²) in [5.41, 5.74) is 0.978. The van der Waals surface area contributed by atoms with Gasteiger partial charge in [-0.15, -0.1) is 0 Å². The molecular weight excluding hydrogens is 204 g/mol. The molecule has 1 aliphatic rings. The fourth-order valence-electron chi connectivity index (χ4n) is 2.63. The van der Waals surface area contributed by atoms with Crippen LogP contribution in [0.4, 0.5) is 0 Å². The molecule has 1 unspecified atom stereocenters. The lowest BCUT2D eigenvalue weighted by Crippen LogP contribution is -2.34. The van der Waals surface area contributed by atoms with E-state index in [1.54, 1.807) is 6.08 Å². The van der Waals surface area contributed by atoms with Gasteiger partial charge in [0.05, 0.1) is 0 Å². The molecule has 16 heavy (non-hydrogen) atoms. The zero-order valence-corrected chi connectivity index (χ0v) is 10.6. The minimum absolute atomic E-state index is 0.0822. The molecule has 1 atom stereocenters. The zero-order valence-electron chi connectivity index (χ0n) is 10.6. The summed E-state index contributed by atoms with van der Waals surface area (Å²) < 4.78 is 0. The first-order valence-electron chi connectivity index (χ1n) is 5.77. The van der Waals surface area contributed by atoms with Gasteiger partial charge in [-0.25, -0.2) is 0 Å². The molecule has 0 fully saturated rings. The lowest BCUT2D eigenvalue weighted by molar-refractivity contribution is -0.152. The van der Waals surface area contributed by atoms with Crippen LogP contribution in [0.3, 0.4) is 0 Å². The van der Waals surface area contributed by atoms with Crippen molar-refractivity contribution in [1.29, 1.82) is 0 Å². The SMILES string of the molecule is CC1=CC(=O)CC(C)(C)C1CCC(C)(O)O. The van der Waals surface area contributed by atoms with Crippen molar-refractivity contribution in [3.63, 3.8) is 0 Å². The summed E-state index contributed by atoms with van der Waals surface area (Å²) in [6.07, 6.45) is 3.27. The maximum Gasteiger partial charge on any atom is 0.159 e. The van der Waals surface area contributed by atoms with Gasteiger partial charge in [-0.3, -0.25) is 4.79 Å². The minimum Gasteiger partial charge on any atom is -0.366 e. The van der Waals surface area contributed by atoms with E-state index >= 15 is 0 Å². The summed E-state index contributed by atoms with van der Waals surface area (Å²) in [5.74, 6) is -1.18. The van der Waals surface area contributed by atoms with Crippen LogP contribution in [0.5, 0.6) is 0 Å². The van der Waals surface area contributed by atoms with Crippen LogP contribution in [0.2, 0.25) is 0 Å². The molecule has 0 aromatic carbocycles. The van der Waals surface area contributed by atoms with E-state index < -0.39 is 5.79 Å². The highest BCUT2D eigenvalue weighted by molar-refractivity contribution is 5.91. The third-order valence-corrected chi connectivity index (χ3v) is 3.42. The number of hydrogen-bond acceptors (Lipinski definition) is 3. The molecule has 0 radical (unpaired) electrons. The number of rotatable bonds is 3. The second-order valence-electron chi connectivity index (χ2n) is 5.83. The Morgan fingerprint density at radius 1 is 1.50 bits per heavy atom. The third kappa shape index (κ3) is 3.42. The van der Waals surface area contributed by atoms with Crippen LogP contribution in [-0.2, 0) is 4.79 Å². The first-order chi connectivity index (χ1) is 7.12.